The summed E-state index contributed by atoms with van der Waals surface area (Å²) in [5, 5.41) is 0. The SMILES string of the molecule is CC=C(C)C(=O)OC1CCC2(C)CC(=O)C(=C(C)C)CC2C1(C)OC(C)=O. The monoisotopic (exact) mass is 376 g/mol. The van der Waals surface area contributed by atoms with Crippen LogP contribution in [0.5, 0.6) is 0 Å². The first-order valence-electron chi connectivity index (χ1n) is 9.67. The van der Waals surface area contributed by atoms with Gasteiger partial charge in [-0.2, -0.15) is 0 Å². The van der Waals surface area contributed by atoms with Crippen LogP contribution in [0.4, 0.5) is 0 Å². The highest BCUT2D eigenvalue weighted by Gasteiger charge is 2.60. The van der Waals surface area contributed by atoms with Gasteiger partial charge in [0.1, 0.15) is 11.7 Å². The first kappa shape index (κ1) is 21.4. The second-order valence-corrected chi connectivity index (χ2v) is 8.67. The predicted molar refractivity (Wildman–Crippen MR) is 103 cm³/mol. The van der Waals surface area contributed by atoms with Crippen molar-refractivity contribution in [2.24, 2.45) is 11.3 Å². The molecule has 0 heterocycles. The Morgan fingerprint density at radius 3 is 2.30 bits per heavy atom. The van der Waals surface area contributed by atoms with Crippen molar-refractivity contribution in [1.82, 2.24) is 0 Å². The number of fused-ring (bicyclic) bond motifs is 1. The van der Waals surface area contributed by atoms with Crippen LogP contribution in [0.25, 0.3) is 0 Å². The summed E-state index contributed by atoms with van der Waals surface area (Å²) in [5.74, 6) is -0.701. The molecule has 2 aliphatic rings. The lowest BCUT2D eigenvalue weighted by atomic mass is 9.53. The number of hydrogen-bond acceptors (Lipinski definition) is 5. The maximum absolute atomic E-state index is 12.7. The third-order valence-electron chi connectivity index (χ3n) is 6.43. The largest absolute Gasteiger partial charge is 0.455 e. The summed E-state index contributed by atoms with van der Waals surface area (Å²) >= 11 is 0. The Balaban J connectivity index is 2.46. The number of rotatable bonds is 3. The van der Waals surface area contributed by atoms with Gasteiger partial charge in [0, 0.05) is 24.8 Å². The van der Waals surface area contributed by atoms with Crippen LogP contribution < -0.4 is 0 Å². The highest BCUT2D eigenvalue weighted by atomic mass is 16.6. The van der Waals surface area contributed by atoms with Gasteiger partial charge in [-0.1, -0.05) is 18.6 Å². The molecule has 2 aliphatic carbocycles. The van der Waals surface area contributed by atoms with E-state index < -0.39 is 17.7 Å². The molecule has 2 rings (SSSR count). The van der Waals surface area contributed by atoms with E-state index in [-0.39, 0.29) is 23.1 Å². The van der Waals surface area contributed by atoms with Crippen molar-refractivity contribution in [2.45, 2.75) is 85.9 Å². The lowest BCUT2D eigenvalue weighted by molar-refractivity contribution is -0.216. The molecule has 5 heteroatoms. The molecule has 0 aromatic heterocycles. The molecule has 0 aliphatic heterocycles. The van der Waals surface area contributed by atoms with Crippen molar-refractivity contribution in [3.05, 3.63) is 22.8 Å². The number of esters is 2. The molecule has 2 saturated carbocycles. The lowest BCUT2D eigenvalue weighted by Crippen LogP contribution is -2.61. The average molecular weight is 376 g/mol. The van der Waals surface area contributed by atoms with E-state index in [4.69, 9.17) is 9.47 Å². The summed E-state index contributed by atoms with van der Waals surface area (Å²) < 4.78 is 11.6. The minimum absolute atomic E-state index is 0.0889. The Kier molecular flexibility index (Phi) is 6.03. The third-order valence-corrected chi connectivity index (χ3v) is 6.43. The molecule has 0 radical (unpaired) electrons. The Morgan fingerprint density at radius 1 is 1.15 bits per heavy atom. The Labute approximate surface area is 162 Å². The molecule has 2 fully saturated rings. The molecule has 27 heavy (non-hydrogen) atoms. The van der Waals surface area contributed by atoms with Gasteiger partial charge in [0.05, 0.1) is 0 Å². The van der Waals surface area contributed by atoms with Crippen molar-refractivity contribution in [3.8, 4) is 0 Å². The number of Topliss-reactive ketones (excluding diaryl/α,β-unsaturated/α-hetero) is 1. The fourth-order valence-electron chi connectivity index (χ4n) is 4.74. The zero-order chi connectivity index (χ0) is 20.6. The summed E-state index contributed by atoms with van der Waals surface area (Å²) in [6, 6.07) is 0. The quantitative estimate of drug-likeness (QED) is 0.542. The van der Waals surface area contributed by atoms with Crippen molar-refractivity contribution >= 4 is 17.7 Å². The second kappa shape index (κ2) is 7.61. The molecule has 150 valence electrons. The molecule has 4 atom stereocenters. The van der Waals surface area contributed by atoms with Crippen LogP contribution in [0.15, 0.2) is 22.8 Å². The number of hydrogen-bond donors (Lipinski definition) is 0. The molecule has 0 N–H and O–H groups in total. The molecule has 0 aromatic rings. The van der Waals surface area contributed by atoms with Crippen molar-refractivity contribution in [1.29, 1.82) is 0 Å². The highest BCUT2D eigenvalue weighted by molar-refractivity contribution is 5.97. The fourth-order valence-corrected chi connectivity index (χ4v) is 4.74. The van der Waals surface area contributed by atoms with E-state index in [0.29, 0.717) is 24.8 Å². The van der Waals surface area contributed by atoms with Crippen molar-refractivity contribution in [2.75, 3.05) is 0 Å². The predicted octanol–water partition coefficient (Wildman–Crippen LogP) is 4.30. The van der Waals surface area contributed by atoms with Gasteiger partial charge >= 0.3 is 11.9 Å². The van der Waals surface area contributed by atoms with E-state index in [9.17, 15) is 14.4 Å². The molecule has 0 bridgehead atoms. The third kappa shape index (κ3) is 4.02. The van der Waals surface area contributed by atoms with E-state index in [1.54, 1.807) is 19.9 Å². The summed E-state index contributed by atoms with van der Waals surface area (Å²) in [5.41, 5.74) is 1.09. The van der Waals surface area contributed by atoms with Crippen molar-refractivity contribution < 1.29 is 23.9 Å². The van der Waals surface area contributed by atoms with Gasteiger partial charge in [-0.05, 0) is 64.9 Å². The minimum atomic E-state index is -0.968. The van der Waals surface area contributed by atoms with Gasteiger partial charge in [0.25, 0.3) is 0 Å². The summed E-state index contributed by atoms with van der Waals surface area (Å²) in [4.78, 5) is 37.0. The van der Waals surface area contributed by atoms with E-state index in [2.05, 4.69) is 6.92 Å². The van der Waals surface area contributed by atoms with Crippen LogP contribution >= 0.6 is 0 Å². The first-order valence-corrected chi connectivity index (χ1v) is 9.67. The fraction of sp³-hybridized carbons (Fsp3) is 0.682. The lowest BCUT2D eigenvalue weighted by Gasteiger charge is -2.56. The molecule has 0 saturated heterocycles. The number of carbonyl (C=O) groups is 3. The topological polar surface area (TPSA) is 69.7 Å². The maximum Gasteiger partial charge on any atom is 0.333 e. The molecule has 0 aromatic carbocycles. The molecule has 5 nitrogen and oxygen atoms in total. The zero-order valence-corrected chi connectivity index (χ0v) is 17.6. The van der Waals surface area contributed by atoms with E-state index >= 15 is 0 Å². The maximum atomic E-state index is 12.7. The Hall–Kier alpha value is -1.91. The van der Waals surface area contributed by atoms with Crippen LogP contribution in [0, 0.1) is 11.3 Å². The standard InChI is InChI=1S/C22H32O5/c1-8-14(4)20(25)26-19-9-10-21(6)12-17(24)16(13(2)3)11-18(21)22(19,7)27-15(5)23/h8,18-19H,9-12H2,1-7H3. The van der Waals surface area contributed by atoms with E-state index in [1.807, 2.05) is 20.8 Å². The zero-order valence-electron chi connectivity index (χ0n) is 17.6. The molecule has 0 amide bonds. The Bertz CT molecular complexity index is 712. The molecule has 0 spiro atoms. The number of ketones is 1. The first-order chi connectivity index (χ1) is 12.4. The van der Waals surface area contributed by atoms with Gasteiger partial charge < -0.3 is 9.47 Å². The normalized spacial score (nSPS) is 34.0. The minimum Gasteiger partial charge on any atom is -0.455 e. The number of carbonyl (C=O) groups excluding carboxylic acids is 3. The number of ether oxygens (including phenoxy) is 2. The van der Waals surface area contributed by atoms with Crippen LogP contribution in [0.2, 0.25) is 0 Å². The second-order valence-electron chi connectivity index (χ2n) is 8.67. The van der Waals surface area contributed by atoms with Crippen LogP contribution in [0.3, 0.4) is 0 Å². The Morgan fingerprint density at radius 2 is 1.78 bits per heavy atom. The molecule has 4 unspecified atom stereocenters. The van der Waals surface area contributed by atoms with Gasteiger partial charge in [-0.15, -0.1) is 0 Å². The number of allylic oxidation sites excluding steroid dienone is 3. The van der Waals surface area contributed by atoms with Crippen LogP contribution in [-0.2, 0) is 23.9 Å². The average Bonchev–Trinajstić information content (AvgIpc) is 2.55. The van der Waals surface area contributed by atoms with Crippen LogP contribution in [0.1, 0.15) is 74.1 Å². The summed E-state index contributed by atoms with van der Waals surface area (Å²) in [6.07, 6.45) is 3.47. The smallest absolute Gasteiger partial charge is 0.333 e. The van der Waals surface area contributed by atoms with Gasteiger partial charge in [0.15, 0.2) is 5.78 Å². The van der Waals surface area contributed by atoms with E-state index in [0.717, 1.165) is 17.6 Å². The van der Waals surface area contributed by atoms with Gasteiger partial charge in [-0.3, -0.25) is 9.59 Å². The molecular formula is C22H32O5. The highest BCUT2D eigenvalue weighted by Crippen LogP contribution is 2.56. The summed E-state index contributed by atoms with van der Waals surface area (Å²) in [7, 11) is 0. The van der Waals surface area contributed by atoms with Crippen molar-refractivity contribution in [3.63, 3.8) is 0 Å². The van der Waals surface area contributed by atoms with E-state index in [1.165, 1.54) is 6.92 Å². The van der Waals surface area contributed by atoms with Crippen LogP contribution in [-0.4, -0.2) is 29.4 Å². The van der Waals surface area contributed by atoms with Gasteiger partial charge in [0.2, 0.25) is 0 Å². The molecular weight excluding hydrogens is 344 g/mol. The summed E-state index contributed by atoms with van der Waals surface area (Å²) in [6.45, 7) is 12.7. The van der Waals surface area contributed by atoms with Gasteiger partial charge in [-0.25, -0.2) is 4.79 Å².